The summed E-state index contributed by atoms with van der Waals surface area (Å²) in [5.74, 6) is -4.08. The predicted octanol–water partition coefficient (Wildman–Crippen LogP) is 2.16. The summed E-state index contributed by atoms with van der Waals surface area (Å²) >= 11 is 0. The fourth-order valence-electron chi connectivity index (χ4n) is 2.50. The molecule has 0 aromatic carbocycles. The van der Waals surface area contributed by atoms with Gasteiger partial charge < -0.3 is 9.47 Å². The molecule has 24 heavy (non-hydrogen) atoms. The molecule has 0 saturated heterocycles. The van der Waals surface area contributed by atoms with Crippen molar-refractivity contribution >= 4 is 17.7 Å². The molecular formula is C16H27NO7. The Bertz CT molecular complexity index is 445. The normalized spacial score (nSPS) is 13.2. The van der Waals surface area contributed by atoms with Gasteiger partial charge in [0.25, 0.3) is 0 Å². The molecule has 0 aromatic rings. The Morgan fingerprint density at radius 1 is 1.04 bits per heavy atom. The summed E-state index contributed by atoms with van der Waals surface area (Å²) < 4.78 is 9.72. The van der Waals surface area contributed by atoms with Crippen molar-refractivity contribution < 1.29 is 28.8 Å². The fourth-order valence-corrected chi connectivity index (χ4v) is 2.50. The van der Waals surface area contributed by atoms with Gasteiger partial charge in [0.15, 0.2) is 5.92 Å². The first-order chi connectivity index (χ1) is 11.2. The van der Waals surface area contributed by atoms with Crippen molar-refractivity contribution in [3.8, 4) is 0 Å². The lowest BCUT2D eigenvalue weighted by atomic mass is 9.72. The maximum absolute atomic E-state index is 12.6. The van der Waals surface area contributed by atoms with Crippen molar-refractivity contribution in [1.29, 1.82) is 0 Å². The highest BCUT2D eigenvalue weighted by atomic mass is 16.6. The third-order valence-electron chi connectivity index (χ3n) is 3.78. The van der Waals surface area contributed by atoms with Crippen LogP contribution in [0.5, 0.6) is 0 Å². The molecular weight excluding hydrogens is 318 g/mol. The molecule has 0 aliphatic carbocycles. The summed E-state index contributed by atoms with van der Waals surface area (Å²) in [5, 5.41) is 11.1. The molecule has 8 nitrogen and oxygen atoms in total. The first-order valence-corrected chi connectivity index (χ1v) is 8.22. The lowest BCUT2D eigenvalue weighted by Crippen LogP contribution is -2.50. The van der Waals surface area contributed by atoms with Gasteiger partial charge in [-0.2, -0.15) is 0 Å². The van der Waals surface area contributed by atoms with Crippen molar-refractivity contribution in [2.24, 2.45) is 11.3 Å². The molecule has 1 unspecified atom stereocenters. The average molecular weight is 345 g/mol. The number of nitrogens with zero attached hydrogens (tertiary/aromatic N) is 1. The van der Waals surface area contributed by atoms with E-state index in [0.29, 0.717) is 6.42 Å². The van der Waals surface area contributed by atoms with Crippen LogP contribution in [0.1, 0.15) is 53.4 Å². The van der Waals surface area contributed by atoms with Gasteiger partial charge in [0, 0.05) is 11.3 Å². The van der Waals surface area contributed by atoms with Gasteiger partial charge in [-0.05, 0) is 27.2 Å². The SMILES string of the molecule is CCCCCC(=O)C(C)(C[N+](=O)[O-])C(C(=O)OCC)C(=O)OCC. The van der Waals surface area contributed by atoms with Gasteiger partial charge in [-0.15, -0.1) is 0 Å². The van der Waals surface area contributed by atoms with Gasteiger partial charge >= 0.3 is 11.9 Å². The van der Waals surface area contributed by atoms with Crippen LogP contribution in [0.25, 0.3) is 0 Å². The van der Waals surface area contributed by atoms with Crippen LogP contribution in [0.3, 0.4) is 0 Å². The highest BCUT2D eigenvalue weighted by molar-refractivity contribution is 6.02. The second kappa shape index (κ2) is 10.7. The maximum Gasteiger partial charge on any atom is 0.321 e. The zero-order valence-electron chi connectivity index (χ0n) is 14.8. The number of ether oxygens (including phenoxy) is 2. The average Bonchev–Trinajstić information content (AvgIpc) is 2.47. The van der Waals surface area contributed by atoms with Gasteiger partial charge in [-0.1, -0.05) is 19.8 Å². The van der Waals surface area contributed by atoms with E-state index in [2.05, 4.69) is 0 Å². The second-order valence-electron chi connectivity index (χ2n) is 5.73. The second-order valence-corrected chi connectivity index (χ2v) is 5.73. The van der Waals surface area contributed by atoms with Crippen LogP contribution in [0, 0.1) is 21.4 Å². The van der Waals surface area contributed by atoms with Crippen LogP contribution in [0.4, 0.5) is 0 Å². The Hall–Kier alpha value is -1.99. The van der Waals surface area contributed by atoms with Crippen LogP contribution >= 0.6 is 0 Å². The van der Waals surface area contributed by atoms with Crippen molar-refractivity contribution in [2.75, 3.05) is 19.8 Å². The molecule has 0 aliphatic heterocycles. The molecule has 0 aromatic heterocycles. The summed E-state index contributed by atoms with van der Waals surface area (Å²) in [7, 11) is 0. The van der Waals surface area contributed by atoms with E-state index in [4.69, 9.17) is 9.47 Å². The number of hydrogen-bond donors (Lipinski definition) is 0. The van der Waals surface area contributed by atoms with Crippen LogP contribution < -0.4 is 0 Å². The Labute approximate surface area is 142 Å². The molecule has 0 N–H and O–H groups in total. The van der Waals surface area contributed by atoms with Gasteiger partial charge in [-0.3, -0.25) is 24.5 Å². The minimum atomic E-state index is -1.80. The Morgan fingerprint density at radius 2 is 1.54 bits per heavy atom. The highest BCUT2D eigenvalue weighted by Gasteiger charge is 2.54. The standard InChI is InChI=1S/C16H27NO7/c1-5-8-9-10-12(18)16(4,11-17(21)22)13(14(19)23-6-2)15(20)24-7-3/h13H,5-11H2,1-4H3. The molecule has 0 radical (unpaired) electrons. The van der Waals surface area contributed by atoms with Gasteiger partial charge in [-0.25, -0.2) is 0 Å². The molecule has 8 heteroatoms. The van der Waals surface area contributed by atoms with E-state index < -0.39 is 40.5 Å². The molecule has 0 spiro atoms. The molecule has 0 aliphatic rings. The zero-order valence-corrected chi connectivity index (χ0v) is 14.8. The number of carbonyl (C=O) groups is 3. The molecule has 0 heterocycles. The van der Waals surface area contributed by atoms with E-state index in [1.165, 1.54) is 6.92 Å². The summed E-state index contributed by atoms with van der Waals surface area (Å²) in [6.45, 7) is 5.48. The molecule has 0 saturated carbocycles. The number of ketones is 1. The summed E-state index contributed by atoms with van der Waals surface area (Å²) in [6.07, 6.45) is 2.26. The number of Topliss-reactive ketones (excluding diaryl/α,β-unsaturated/α-hetero) is 1. The largest absolute Gasteiger partial charge is 0.465 e. The van der Waals surface area contributed by atoms with E-state index >= 15 is 0 Å². The minimum Gasteiger partial charge on any atom is -0.465 e. The smallest absolute Gasteiger partial charge is 0.321 e. The molecule has 138 valence electrons. The van der Waals surface area contributed by atoms with Gasteiger partial charge in [0.1, 0.15) is 11.2 Å². The van der Waals surface area contributed by atoms with Crippen LogP contribution in [-0.2, 0) is 23.9 Å². The molecule has 0 bridgehead atoms. The molecule has 0 amide bonds. The van der Waals surface area contributed by atoms with E-state index in [9.17, 15) is 24.5 Å². The van der Waals surface area contributed by atoms with E-state index in [-0.39, 0.29) is 19.6 Å². The highest BCUT2D eigenvalue weighted by Crippen LogP contribution is 2.33. The Morgan fingerprint density at radius 3 is 1.92 bits per heavy atom. The molecule has 0 fully saturated rings. The Balaban J connectivity index is 5.70. The van der Waals surface area contributed by atoms with E-state index in [1.54, 1.807) is 13.8 Å². The topological polar surface area (TPSA) is 113 Å². The number of carbonyl (C=O) groups excluding carboxylic acids is 3. The number of hydrogen-bond acceptors (Lipinski definition) is 7. The van der Waals surface area contributed by atoms with Crippen molar-refractivity contribution in [2.45, 2.75) is 53.4 Å². The van der Waals surface area contributed by atoms with Crippen LogP contribution in [-0.4, -0.2) is 42.4 Å². The van der Waals surface area contributed by atoms with E-state index in [0.717, 1.165) is 12.8 Å². The lowest BCUT2D eigenvalue weighted by molar-refractivity contribution is -0.494. The summed E-state index contributed by atoms with van der Waals surface area (Å²) in [4.78, 5) is 47.4. The third-order valence-corrected chi connectivity index (χ3v) is 3.78. The molecule has 1 atom stereocenters. The van der Waals surface area contributed by atoms with E-state index in [1.807, 2.05) is 6.92 Å². The maximum atomic E-state index is 12.6. The monoisotopic (exact) mass is 345 g/mol. The number of rotatable bonds is 12. The van der Waals surface area contributed by atoms with Gasteiger partial charge in [0.2, 0.25) is 6.54 Å². The van der Waals surface area contributed by atoms with Crippen molar-refractivity contribution in [3.63, 3.8) is 0 Å². The van der Waals surface area contributed by atoms with Crippen LogP contribution in [0.15, 0.2) is 0 Å². The first kappa shape index (κ1) is 22.0. The third kappa shape index (κ3) is 6.25. The Kier molecular flexibility index (Phi) is 9.83. The summed E-state index contributed by atoms with van der Waals surface area (Å²) in [6, 6.07) is 0. The van der Waals surface area contributed by atoms with Crippen LogP contribution in [0.2, 0.25) is 0 Å². The number of nitro groups is 1. The first-order valence-electron chi connectivity index (χ1n) is 8.22. The zero-order chi connectivity index (χ0) is 18.8. The lowest BCUT2D eigenvalue weighted by Gasteiger charge is -2.30. The quantitative estimate of drug-likeness (QED) is 0.175. The van der Waals surface area contributed by atoms with Crippen molar-refractivity contribution in [3.05, 3.63) is 10.1 Å². The summed E-state index contributed by atoms with van der Waals surface area (Å²) in [5.41, 5.74) is -1.80. The predicted molar refractivity (Wildman–Crippen MR) is 85.9 cm³/mol. The number of esters is 2. The number of unbranched alkanes of at least 4 members (excludes halogenated alkanes) is 2. The minimum absolute atomic E-state index is 0.00664. The van der Waals surface area contributed by atoms with Crippen molar-refractivity contribution in [1.82, 2.24) is 0 Å². The fraction of sp³-hybridized carbons (Fsp3) is 0.812. The van der Waals surface area contributed by atoms with Gasteiger partial charge in [0.05, 0.1) is 13.2 Å². The molecule has 0 rings (SSSR count).